The van der Waals surface area contributed by atoms with Gasteiger partial charge < -0.3 is 14.8 Å². The zero-order valence-electron chi connectivity index (χ0n) is 18.4. The summed E-state index contributed by atoms with van der Waals surface area (Å²) in [7, 11) is 1.59. The molecule has 1 N–H and O–H groups in total. The number of anilines is 1. The summed E-state index contributed by atoms with van der Waals surface area (Å²) < 4.78 is 10.9. The van der Waals surface area contributed by atoms with E-state index in [1.54, 1.807) is 30.4 Å². The van der Waals surface area contributed by atoms with Crippen LogP contribution in [0.25, 0.3) is 0 Å². The largest absolute Gasteiger partial charge is 0.497 e. The molecule has 0 aliphatic carbocycles. The van der Waals surface area contributed by atoms with Gasteiger partial charge in [-0.2, -0.15) is 5.10 Å². The first-order valence-corrected chi connectivity index (χ1v) is 10.5. The molecule has 8 heteroatoms. The number of hydrogen-bond donors (Lipinski definition) is 1. The number of ether oxygens (including phenoxy) is 2. The zero-order chi connectivity index (χ0) is 23.2. The van der Waals surface area contributed by atoms with Crippen LogP contribution in [0, 0.1) is 0 Å². The lowest BCUT2D eigenvalue weighted by atomic mass is 10.1. The third kappa shape index (κ3) is 5.35. The van der Waals surface area contributed by atoms with Gasteiger partial charge in [0.05, 0.1) is 12.8 Å². The minimum Gasteiger partial charge on any atom is -0.497 e. The van der Waals surface area contributed by atoms with Gasteiger partial charge in [-0.15, -0.1) is 0 Å². The molecule has 1 amide bonds. The van der Waals surface area contributed by atoms with Crippen LogP contribution >= 0.6 is 0 Å². The van der Waals surface area contributed by atoms with Crippen LogP contribution in [0.4, 0.5) is 5.69 Å². The highest BCUT2D eigenvalue weighted by atomic mass is 16.5. The number of hydrazone groups is 1. The van der Waals surface area contributed by atoms with Crippen LogP contribution in [0.2, 0.25) is 0 Å². The summed E-state index contributed by atoms with van der Waals surface area (Å²) in [5, 5.41) is 8.89. The average molecular weight is 444 g/mol. The van der Waals surface area contributed by atoms with Crippen molar-refractivity contribution in [1.29, 1.82) is 0 Å². The Morgan fingerprint density at radius 1 is 1.06 bits per heavy atom. The zero-order valence-corrected chi connectivity index (χ0v) is 18.4. The van der Waals surface area contributed by atoms with E-state index in [-0.39, 0.29) is 24.7 Å². The Morgan fingerprint density at radius 2 is 1.85 bits per heavy atom. The van der Waals surface area contributed by atoms with Crippen LogP contribution in [0.15, 0.2) is 78.0 Å². The molecule has 1 atom stereocenters. The van der Waals surface area contributed by atoms with Crippen molar-refractivity contribution in [3.63, 3.8) is 0 Å². The van der Waals surface area contributed by atoms with Gasteiger partial charge in [0.2, 0.25) is 5.88 Å². The van der Waals surface area contributed by atoms with E-state index in [0.29, 0.717) is 23.1 Å². The van der Waals surface area contributed by atoms with Crippen LogP contribution in [-0.4, -0.2) is 35.5 Å². The molecule has 0 spiro atoms. The smallest absolute Gasteiger partial charge is 0.267 e. The van der Waals surface area contributed by atoms with E-state index in [0.717, 1.165) is 11.3 Å². The molecule has 8 nitrogen and oxygen atoms in total. The van der Waals surface area contributed by atoms with Crippen molar-refractivity contribution in [2.75, 3.05) is 12.1 Å². The fraction of sp³-hybridized carbons (Fsp3) is 0.200. The quantitative estimate of drug-likeness (QED) is 0.569. The second-order valence-electron chi connectivity index (χ2n) is 7.53. The van der Waals surface area contributed by atoms with Crippen LogP contribution in [-0.2, 0) is 16.1 Å². The van der Waals surface area contributed by atoms with Crippen LogP contribution in [0.5, 0.6) is 17.4 Å². The molecule has 1 aliphatic rings. The number of para-hydroxylation sites is 1. The number of benzene rings is 2. The third-order valence-electron chi connectivity index (χ3n) is 5.18. The maximum absolute atomic E-state index is 12.7. The van der Waals surface area contributed by atoms with Crippen molar-refractivity contribution >= 4 is 23.1 Å². The number of pyridine rings is 1. The summed E-state index contributed by atoms with van der Waals surface area (Å²) >= 11 is 0. The van der Waals surface area contributed by atoms with Crippen LogP contribution in [0.1, 0.15) is 18.9 Å². The minimum absolute atomic E-state index is 0.0405. The van der Waals surface area contributed by atoms with Crippen molar-refractivity contribution in [3.8, 4) is 17.4 Å². The Morgan fingerprint density at radius 3 is 2.55 bits per heavy atom. The second kappa shape index (κ2) is 9.95. The molecule has 0 bridgehead atoms. The molecule has 0 fully saturated rings. The summed E-state index contributed by atoms with van der Waals surface area (Å²) in [6, 6.07) is 19.7. The van der Waals surface area contributed by atoms with E-state index in [9.17, 15) is 9.59 Å². The number of nitrogens with one attached hydrogen (secondary N) is 1. The number of carbonyl (C=O) groups is 2. The highest BCUT2D eigenvalue weighted by Crippen LogP contribution is 2.25. The SMILES string of the molecule is COc1cccc(Oc2ccc(CNC(=O)C3=NN(c4ccccc4)C(C(C)=O)C3)cn2)c1. The van der Waals surface area contributed by atoms with Gasteiger partial charge in [-0.1, -0.05) is 30.3 Å². The fourth-order valence-electron chi connectivity index (χ4n) is 3.43. The second-order valence-corrected chi connectivity index (χ2v) is 7.53. The molecular formula is C25H24N4O4. The van der Waals surface area contributed by atoms with Crippen molar-refractivity contribution < 1.29 is 19.1 Å². The summed E-state index contributed by atoms with van der Waals surface area (Å²) in [5.41, 5.74) is 1.91. The van der Waals surface area contributed by atoms with E-state index in [4.69, 9.17) is 9.47 Å². The lowest BCUT2D eigenvalue weighted by molar-refractivity contribution is -0.118. The summed E-state index contributed by atoms with van der Waals surface area (Å²) in [6.45, 7) is 1.79. The first kappa shape index (κ1) is 22.0. The molecule has 4 rings (SSSR count). The molecular weight excluding hydrogens is 420 g/mol. The van der Waals surface area contributed by atoms with E-state index < -0.39 is 6.04 Å². The first-order chi connectivity index (χ1) is 16.0. The molecule has 2 heterocycles. The molecule has 1 aromatic heterocycles. The number of Topliss-reactive ketones (excluding diaryl/α,β-unsaturated/α-hetero) is 1. The monoisotopic (exact) mass is 444 g/mol. The molecule has 1 unspecified atom stereocenters. The number of hydrogen-bond acceptors (Lipinski definition) is 7. The molecule has 3 aromatic rings. The molecule has 0 radical (unpaired) electrons. The summed E-state index contributed by atoms with van der Waals surface area (Å²) in [6.07, 6.45) is 1.91. The van der Waals surface area contributed by atoms with Gasteiger partial charge in [-0.25, -0.2) is 4.98 Å². The lowest BCUT2D eigenvalue weighted by Crippen LogP contribution is -2.34. The number of amides is 1. The Kier molecular flexibility index (Phi) is 6.64. The van der Waals surface area contributed by atoms with Crippen LogP contribution < -0.4 is 19.8 Å². The van der Waals surface area contributed by atoms with Gasteiger partial charge in [0.15, 0.2) is 5.78 Å². The van der Waals surface area contributed by atoms with Gasteiger partial charge >= 0.3 is 0 Å². The number of ketones is 1. The van der Waals surface area contributed by atoms with Crippen molar-refractivity contribution in [3.05, 3.63) is 78.5 Å². The summed E-state index contributed by atoms with van der Waals surface area (Å²) in [5.74, 6) is 1.39. The number of carbonyl (C=O) groups excluding carboxylic acids is 2. The molecule has 0 saturated heterocycles. The molecule has 33 heavy (non-hydrogen) atoms. The average Bonchev–Trinajstić information content (AvgIpc) is 3.30. The fourth-order valence-corrected chi connectivity index (χ4v) is 3.43. The maximum Gasteiger partial charge on any atom is 0.267 e. The highest BCUT2D eigenvalue weighted by Gasteiger charge is 2.34. The standard InChI is InChI=1S/C25H24N4O4/c1-17(30)23-14-22(28-29(23)19-7-4-3-5-8-19)25(31)27-16-18-11-12-24(26-15-18)33-21-10-6-9-20(13-21)32-2/h3-13,15,23H,14,16H2,1-2H3,(H,27,31). The molecule has 0 saturated carbocycles. The normalized spacial score (nSPS) is 15.0. The predicted octanol–water partition coefficient (Wildman–Crippen LogP) is 3.72. The van der Waals surface area contributed by atoms with Gasteiger partial charge in [-0.3, -0.25) is 14.6 Å². The lowest BCUT2D eigenvalue weighted by Gasteiger charge is -2.20. The third-order valence-corrected chi connectivity index (χ3v) is 5.18. The minimum atomic E-state index is -0.483. The van der Waals surface area contributed by atoms with Gasteiger partial charge in [0.1, 0.15) is 23.3 Å². The highest BCUT2D eigenvalue weighted by molar-refractivity contribution is 6.40. The molecule has 168 valence electrons. The number of nitrogens with zero attached hydrogens (tertiary/aromatic N) is 3. The van der Waals surface area contributed by atoms with Crippen molar-refractivity contribution in [2.24, 2.45) is 5.10 Å². The van der Waals surface area contributed by atoms with E-state index >= 15 is 0 Å². The predicted molar refractivity (Wildman–Crippen MR) is 125 cm³/mol. The van der Waals surface area contributed by atoms with Crippen molar-refractivity contribution in [2.45, 2.75) is 25.9 Å². The van der Waals surface area contributed by atoms with Gasteiger partial charge in [-0.05, 0) is 36.8 Å². The number of methoxy groups -OCH3 is 1. The van der Waals surface area contributed by atoms with E-state index in [1.807, 2.05) is 54.6 Å². The first-order valence-electron chi connectivity index (χ1n) is 10.5. The van der Waals surface area contributed by atoms with Crippen LogP contribution in [0.3, 0.4) is 0 Å². The maximum atomic E-state index is 12.7. The van der Waals surface area contributed by atoms with Crippen molar-refractivity contribution in [1.82, 2.24) is 10.3 Å². The molecule has 2 aromatic carbocycles. The Balaban J connectivity index is 1.37. The topological polar surface area (TPSA) is 93.1 Å². The van der Waals surface area contributed by atoms with Gasteiger partial charge in [0.25, 0.3) is 5.91 Å². The number of rotatable bonds is 8. The van der Waals surface area contributed by atoms with Gasteiger partial charge in [0, 0.05) is 31.3 Å². The summed E-state index contributed by atoms with van der Waals surface area (Å²) in [4.78, 5) is 29.1. The molecule has 1 aliphatic heterocycles. The van der Waals surface area contributed by atoms with E-state index in [1.165, 1.54) is 6.92 Å². The Hall–Kier alpha value is -4.20. The Bertz CT molecular complexity index is 1160. The Labute approximate surface area is 191 Å². The van der Waals surface area contributed by atoms with E-state index in [2.05, 4.69) is 15.4 Å². The number of aromatic nitrogens is 1.